The van der Waals surface area contributed by atoms with Gasteiger partial charge in [-0.25, -0.2) is 0 Å². The van der Waals surface area contributed by atoms with Gasteiger partial charge in [0.1, 0.15) is 18.1 Å². The Bertz CT molecular complexity index is 1510. The number of carbonyl (C=O) groups excluding carboxylic acids is 2. The smallest absolute Gasteiger partial charge is 0.295 e. The predicted molar refractivity (Wildman–Crippen MR) is 167 cm³/mol. The van der Waals surface area contributed by atoms with E-state index < -0.39 is 17.7 Å². The van der Waals surface area contributed by atoms with E-state index in [1.807, 2.05) is 57.2 Å². The van der Waals surface area contributed by atoms with Crippen molar-refractivity contribution in [1.29, 1.82) is 0 Å². The Morgan fingerprint density at radius 2 is 1.68 bits per heavy atom. The fourth-order valence-corrected chi connectivity index (χ4v) is 5.58. The van der Waals surface area contributed by atoms with Crippen LogP contribution in [0.1, 0.15) is 42.1 Å². The first-order valence-corrected chi connectivity index (χ1v) is 15.0. The molecule has 0 radical (unpaired) electrons. The molecule has 2 aliphatic rings. The van der Waals surface area contributed by atoms with Crippen LogP contribution < -0.4 is 14.2 Å². The summed E-state index contributed by atoms with van der Waals surface area (Å²) < 4.78 is 23.1. The van der Waals surface area contributed by atoms with Gasteiger partial charge < -0.3 is 29.0 Å². The van der Waals surface area contributed by atoms with Gasteiger partial charge in [0.05, 0.1) is 38.0 Å². The molecule has 0 bridgehead atoms. The van der Waals surface area contributed by atoms with Gasteiger partial charge in [0.25, 0.3) is 11.7 Å². The van der Waals surface area contributed by atoms with E-state index >= 15 is 0 Å². The Morgan fingerprint density at radius 3 is 2.36 bits per heavy atom. The summed E-state index contributed by atoms with van der Waals surface area (Å²) in [5.41, 5.74) is 2.92. The minimum atomic E-state index is -0.819. The number of aliphatic hydroxyl groups is 1. The molecule has 0 aromatic heterocycles. The van der Waals surface area contributed by atoms with Crippen LogP contribution in [0.5, 0.6) is 17.2 Å². The number of hydrogen-bond donors (Lipinski definition) is 1. The van der Waals surface area contributed by atoms with Gasteiger partial charge in [0.15, 0.2) is 11.5 Å². The van der Waals surface area contributed by atoms with E-state index in [9.17, 15) is 14.7 Å². The first-order chi connectivity index (χ1) is 21.3. The van der Waals surface area contributed by atoms with E-state index in [2.05, 4.69) is 4.90 Å². The van der Waals surface area contributed by atoms with Crippen LogP contribution in [0.15, 0.2) is 72.3 Å². The van der Waals surface area contributed by atoms with Gasteiger partial charge in [-0.05, 0) is 67.8 Å². The van der Waals surface area contributed by atoms with Crippen molar-refractivity contribution in [3.8, 4) is 17.2 Å². The molecule has 1 atom stereocenters. The third-order valence-electron chi connectivity index (χ3n) is 7.85. The molecule has 0 saturated carbocycles. The summed E-state index contributed by atoms with van der Waals surface area (Å²) in [4.78, 5) is 30.9. The van der Waals surface area contributed by atoms with Crippen LogP contribution in [0.2, 0.25) is 0 Å². The second kappa shape index (κ2) is 14.0. The number of likely N-dealkylation sites (tertiary alicyclic amines) is 1. The van der Waals surface area contributed by atoms with Crippen molar-refractivity contribution >= 4 is 17.4 Å². The highest BCUT2D eigenvalue weighted by atomic mass is 16.5. The average Bonchev–Trinajstić information content (AvgIpc) is 3.29. The number of carbonyl (C=O) groups is 2. The Balaban J connectivity index is 1.52. The first kappa shape index (κ1) is 31.1. The zero-order valence-corrected chi connectivity index (χ0v) is 25.7. The Morgan fingerprint density at radius 1 is 0.955 bits per heavy atom. The fourth-order valence-electron chi connectivity index (χ4n) is 5.58. The van der Waals surface area contributed by atoms with Crippen molar-refractivity contribution in [3.05, 3.63) is 94.6 Å². The van der Waals surface area contributed by atoms with Crippen LogP contribution in [-0.4, -0.2) is 79.2 Å². The third-order valence-corrected chi connectivity index (χ3v) is 7.85. The maximum Gasteiger partial charge on any atom is 0.295 e. The van der Waals surface area contributed by atoms with Gasteiger partial charge in [-0.2, -0.15) is 0 Å². The molecule has 3 aromatic carbocycles. The summed E-state index contributed by atoms with van der Waals surface area (Å²) in [6.45, 7) is 9.75. The van der Waals surface area contributed by atoms with Crippen LogP contribution in [0.25, 0.3) is 5.76 Å². The summed E-state index contributed by atoms with van der Waals surface area (Å²) in [6.07, 6.45) is -0.0143. The molecule has 2 saturated heterocycles. The number of morpholine rings is 1. The molecule has 232 valence electrons. The lowest BCUT2D eigenvalue weighted by molar-refractivity contribution is -0.140. The van der Waals surface area contributed by atoms with E-state index in [0.717, 1.165) is 24.2 Å². The number of ketones is 1. The molecule has 0 spiro atoms. The Hall–Kier alpha value is -4.34. The van der Waals surface area contributed by atoms with E-state index in [-0.39, 0.29) is 17.4 Å². The molecule has 1 N–H and O–H groups in total. The molecule has 5 rings (SSSR count). The normalized spacial score (nSPS) is 18.6. The maximum atomic E-state index is 13.6. The quantitative estimate of drug-likeness (QED) is 0.184. The number of ether oxygens (including phenoxy) is 4. The molecule has 1 amide bonds. The highest BCUT2D eigenvalue weighted by molar-refractivity contribution is 6.46. The number of aryl methyl sites for hydroxylation is 1. The van der Waals surface area contributed by atoms with Gasteiger partial charge >= 0.3 is 0 Å². The molecule has 2 fully saturated rings. The highest BCUT2D eigenvalue weighted by Crippen LogP contribution is 2.42. The van der Waals surface area contributed by atoms with Crippen LogP contribution >= 0.6 is 0 Å². The average molecular weight is 601 g/mol. The van der Waals surface area contributed by atoms with E-state index in [1.165, 1.54) is 0 Å². The second-order valence-corrected chi connectivity index (χ2v) is 11.3. The lowest BCUT2D eigenvalue weighted by Gasteiger charge is -2.31. The van der Waals surface area contributed by atoms with Gasteiger partial charge in [-0.1, -0.05) is 36.4 Å². The van der Waals surface area contributed by atoms with Gasteiger partial charge in [-0.3, -0.25) is 14.5 Å². The van der Waals surface area contributed by atoms with Gasteiger partial charge in [-0.15, -0.1) is 0 Å². The second-order valence-electron chi connectivity index (χ2n) is 11.3. The van der Waals surface area contributed by atoms with Crippen LogP contribution in [0, 0.1) is 6.92 Å². The lowest BCUT2D eigenvalue weighted by Crippen LogP contribution is -2.42. The van der Waals surface area contributed by atoms with Gasteiger partial charge in [0.2, 0.25) is 0 Å². The van der Waals surface area contributed by atoms with Crippen molar-refractivity contribution in [2.75, 3.05) is 46.5 Å². The third kappa shape index (κ3) is 6.90. The van der Waals surface area contributed by atoms with Crippen LogP contribution in [0.4, 0.5) is 0 Å². The molecule has 2 aliphatic heterocycles. The van der Waals surface area contributed by atoms with Crippen molar-refractivity contribution in [1.82, 2.24) is 9.80 Å². The minimum absolute atomic E-state index is 0.0143. The molecule has 2 heterocycles. The number of amides is 1. The van der Waals surface area contributed by atoms with E-state index in [1.54, 1.807) is 42.3 Å². The Labute approximate surface area is 258 Å². The number of nitrogens with zero attached hydrogens (tertiary/aromatic N) is 2. The molecule has 1 unspecified atom stereocenters. The number of benzene rings is 3. The predicted octanol–water partition coefficient (Wildman–Crippen LogP) is 5.12. The molecule has 9 heteroatoms. The summed E-state index contributed by atoms with van der Waals surface area (Å²) in [5.74, 6) is 0.0762. The number of hydrogen-bond acceptors (Lipinski definition) is 8. The number of aliphatic hydroxyl groups excluding tert-OH is 1. The largest absolute Gasteiger partial charge is 0.507 e. The zero-order chi connectivity index (χ0) is 31.2. The van der Waals surface area contributed by atoms with Crippen molar-refractivity contribution < 1.29 is 33.6 Å². The monoisotopic (exact) mass is 600 g/mol. The van der Waals surface area contributed by atoms with Crippen molar-refractivity contribution in [2.24, 2.45) is 0 Å². The van der Waals surface area contributed by atoms with Gasteiger partial charge in [0, 0.05) is 31.7 Å². The number of methoxy groups -OCH3 is 1. The lowest BCUT2D eigenvalue weighted by atomic mass is 9.94. The molecule has 44 heavy (non-hydrogen) atoms. The summed E-state index contributed by atoms with van der Waals surface area (Å²) in [5, 5.41) is 11.6. The zero-order valence-electron chi connectivity index (χ0n) is 25.7. The van der Waals surface area contributed by atoms with Crippen LogP contribution in [-0.2, 0) is 20.9 Å². The van der Waals surface area contributed by atoms with Crippen LogP contribution in [0.3, 0.4) is 0 Å². The SMILES string of the molecule is COc1cc(C2/C(=C(\O)c3ccc(OC(C)C)c(C)c3)C(=O)C(=O)N2CCN2CCOCC2)ccc1OCc1ccccc1. The number of rotatable bonds is 11. The molecular formula is C35H40N2O7. The molecule has 3 aromatic rings. The Kier molecular flexibility index (Phi) is 9.87. The molecule has 9 nitrogen and oxygen atoms in total. The maximum absolute atomic E-state index is 13.6. The molecular weight excluding hydrogens is 560 g/mol. The molecule has 0 aliphatic carbocycles. The van der Waals surface area contributed by atoms with Crippen molar-refractivity contribution in [2.45, 2.75) is 39.5 Å². The fraction of sp³-hybridized carbons (Fsp3) is 0.371. The van der Waals surface area contributed by atoms with E-state index in [4.69, 9.17) is 18.9 Å². The first-order valence-electron chi connectivity index (χ1n) is 15.0. The van der Waals surface area contributed by atoms with E-state index in [0.29, 0.717) is 61.3 Å². The number of Topliss-reactive ketones (excluding diaryl/α,β-unsaturated/α-hetero) is 1. The van der Waals surface area contributed by atoms with Crippen molar-refractivity contribution in [3.63, 3.8) is 0 Å². The minimum Gasteiger partial charge on any atom is -0.507 e. The summed E-state index contributed by atoms with van der Waals surface area (Å²) in [6, 6.07) is 19.6. The topological polar surface area (TPSA) is 97.8 Å². The highest BCUT2D eigenvalue weighted by Gasteiger charge is 2.46. The summed E-state index contributed by atoms with van der Waals surface area (Å²) >= 11 is 0. The summed E-state index contributed by atoms with van der Waals surface area (Å²) in [7, 11) is 1.55. The standard InChI is InChI=1S/C35H40N2O7/c1-23(2)44-28-12-11-27(20-24(28)3)33(38)31-32(37(35(40)34(31)39)15-14-36-16-18-42-19-17-36)26-10-13-29(30(21-26)41-4)43-22-25-8-6-5-7-9-25/h5-13,20-21,23,32,38H,14-19,22H2,1-4H3/b33-31+.